The molecule has 0 N–H and O–H groups in total. The second-order valence-electron chi connectivity index (χ2n) is 6.39. The molecule has 6 nitrogen and oxygen atoms in total. The van der Waals surface area contributed by atoms with Gasteiger partial charge in [-0.25, -0.2) is 0 Å². The Hall–Kier alpha value is -2.60. The van der Waals surface area contributed by atoms with E-state index in [0.717, 1.165) is 5.56 Å². The number of rotatable bonds is 7. The van der Waals surface area contributed by atoms with Gasteiger partial charge in [0.05, 0.1) is 6.26 Å². The SMILES string of the molecule is CC(C)CN(CCc1nc(-c2cccc(Cl)c2)no1)C(=O)c1ccco1. The topological polar surface area (TPSA) is 72.4 Å². The molecule has 2 heterocycles. The summed E-state index contributed by atoms with van der Waals surface area (Å²) in [6, 6.07) is 10.6. The lowest BCUT2D eigenvalue weighted by molar-refractivity contribution is 0.0702. The monoisotopic (exact) mass is 373 g/mol. The van der Waals surface area contributed by atoms with Crippen molar-refractivity contribution in [3.8, 4) is 11.4 Å². The number of aromatic nitrogens is 2. The number of hydrogen-bond donors (Lipinski definition) is 0. The van der Waals surface area contributed by atoms with Gasteiger partial charge in [-0.3, -0.25) is 4.79 Å². The van der Waals surface area contributed by atoms with E-state index in [1.807, 2.05) is 12.1 Å². The first-order valence-electron chi connectivity index (χ1n) is 8.44. The Labute approximate surface area is 156 Å². The van der Waals surface area contributed by atoms with Crippen LogP contribution >= 0.6 is 11.6 Å². The number of carbonyl (C=O) groups excluding carboxylic acids is 1. The number of halogens is 1. The van der Waals surface area contributed by atoms with E-state index in [1.54, 1.807) is 29.2 Å². The van der Waals surface area contributed by atoms with E-state index < -0.39 is 0 Å². The van der Waals surface area contributed by atoms with Gasteiger partial charge in [-0.1, -0.05) is 42.7 Å². The van der Waals surface area contributed by atoms with Gasteiger partial charge in [0, 0.05) is 30.1 Å². The number of amides is 1. The summed E-state index contributed by atoms with van der Waals surface area (Å²) in [7, 11) is 0. The van der Waals surface area contributed by atoms with E-state index in [1.165, 1.54) is 6.26 Å². The van der Waals surface area contributed by atoms with E-state index >= 15 is 0 Å². The van der Waals surface area contributed by atoms with Crippen LogP contribution in [0.15, 0.2) is 51.6 Å². The molecule has 1 aromatic carbocycles. The fraction of sp³-hybridized carbons (Fsp3) is 0.316. The minimum Gasteiger partial charge on any atom is -0.459 e. The predicted octanol–water partition coefficient (Wildman–Crippen LogP) is 4.32. The van der Waals surface area contributed by atoms with E-state index in [4.69, 9.17) is 20.5 Å². The van der Waals surface area contributed by atoms with Gasteiger partial charge >= 0.3 is 0 Å². The van der Waals surface area contributed by atoms with Crippen molar-refractivity contribution in [3.63, 3.8) is 0 Å². The minimum absolute atomic E-state index is 0.140. The van der Waals surface area contributed by atoms with Crippen LogP contribution in [0, 0.1) is 5.92 Å². The Bertz CT molecular complexity index is 859. The zero-order chi connectivity index (χ0) is 18.5. The Morgan fingerprint density at radius 2 is 2.12 bits per heavy atom. The third-order valence-electron chi connectivity index (χ3n) is 3.75. The molecule has 1 amide bonds. The highest BCUT2D eigenvalue weighted by molar-refractivity contribution is 6.30. The molecule has 136 valence electrons. The predicted molar refractivity (Wildman–Crippen MR) is 97.9 cm³/mol. The first-order valence-corrected chi connectivity index (χ1v) is 8.82. The zero-order valence-corrected chi connectivity index (χ0v) is 15.4. The van der Waals surface area contributed by atoms with Crippen LogP contribution in [-0.4, -0.2) is 34.0 Å². The molecule has 0 aliphatic heterocycles. The van der Waals surface area contributed by atoms with Crippen LogP contribution in [0.1, 0.15) is 30.3 Å². The number of nitrogens with zero attached hydrogens (tertiary/aromatic N) is 3. The van der Waals surface area contributed by atoms with Gasteiger partial charge < -0.3 is 13.8 Å². The number of carbonyl (C=O) groups is 1. The van der Waals surface area contributed by atoms with Crippen molar-refractivity contribution < 1.29 is 13.7 Å². The molecule has 2 aromatic heterocycles. The fourth-order valence-corrected chi connectivity index (χ4v) is 2.79. The van der Waals surface area contributed by atoms with Crippen LogP contribution in [0.4, 0.5) is 0 Å². The molecule has 0 spiro atoms. The first-order chi connectivity index (χ1) is 12.5. The van der Waals surface area contributed by atoms with Crippen LogP contribution < -0.4 is 0 Å². The highest BCUT2D eigenvalue weighted by atomic mass is 35.5. The summed E-state index contributed by atoms with van der Waals surface area (Å²) in [6.07, 6.45) is 1.96. The van der Waals surface area contributed by atoms with Crippen molar-refractivity contribution >= 4 is 17.5 Å². The van der Waals surface area contributed by atoms with Crippen LogP contribution in [0.3, 0.4) is 0 Å². The van der Waals surface area contributed by atoms with Gasteiger partial charge in [-0.05, 0) is 30.2 Å². The van der Waals surface area contributed by atoms with E-state index in [9.17, 15) is 4.79 Å². The van der Waals surface area contributed by atoms with Gasteiger partial charge in [-0.2, -0.15) is 4.98 Å². The van der Waals surface area contributed by atoms with Gasteiger partial charge in [-0.15, -0.1) is 0 Å². The number of furan rings is 1. The average molecular weight is 374 g/mol. The number of hydrogen-bond acceptors (Lipinski definition) is 5. The maximum Gasteiger partial charge on any atom is 0.289 e. The van der Waals surface area contributed by atoms with Gasteiger partial charge in [0.15, 0.2) is 5.76 Å². The lowest BCUT2D eigenvalue weighted by atomic mass is 10.2. The third kappa shape index (κ3) is 4.52. The largest absolute Gasteiger partial charge is 0.459 e. The highest BCUT2D eigenvalue weighted by Gasteiger charge is 2.20. The molecule has 0 radical (unpaired) electrons. The zero-order valence-electron chi connectivity index (χ0n) is 14.7. The molecular formula is C19H20ClN3O3. The smallest absolute Gasteiger partial charge is 0.289 e. The highest BCUT2D eigenvalue weighted by Crippen LogP contribution is 2.20. The minimum atomic E-state index is -0.140. The fourth-order valence-electron chi connectivity index (χ4n) is 2.60. The number of benzene rings is 1. The van der Waals surface area contributed by atoms with Crippen molar-refractivity contribution in [2.75, 3.05) is 13.1 Å². The second kappa shape index (κ2) is 8.19. The molecule has 0 fully saturated rings. The van der Waals surface area contributed by atoms with E-state index in [-0.39, 0.29) is 5.91 Å². The molecule has 0 aliphatic rings. The summed E-state index contributed by atoms with van der Waals surface area (Å²) in [5.41, 5.74) is 0.790. The molecule has 0 saturated carbocycles. The first kappa shape index (κ1) is 18.2. The summed E-state index contributed by atoms with van der Waals surface area (Å²) in [6.45, 7) is 5.21. The summed E-state index contributed by atoms with van der Waals surface area (Å²) >= 11 is 6.00. The van der Waals surface area contributed by atoms with Gasteiger partial charge in [0.2, 0.25) is 11.7 Å². The molecular weight excluding hydrogens is 354 g/mol. The van der Waals surface area contributed by atoms with Crippen LogP contribution in [0.25, 0.3) is 11.4 Å². The molecule has 0 unspecified atom stereocenters. The molecule has 0 saturated heterocycles. The molecule has 0 atom stereocenters. The third-order valence-corrected chi connectivity index (χ3v) is 3.99. The quantitative estimate of drug-likeness (QED) is 0.616. The molecule has 0 aliphatic carbocycles. The molecule has 26 heavy (non-hydrogen) atoms. The average Bonchev–Trinajstić information content (AvgIpc) is 3.29. The standard InChI is InChI=1S/C19H20ClN3O3/c1-13(2)12-23(19(24)16-7-4-10-25-16)9-8-17-21-18(22-26-17)14-5-3-6-15(20)11-14/h3-7,10-11,13H,8-9,12H2,1-2H3. The maximum absolute atomic E-state index is 12.6. The van der Waals surface area contributed by atoms with Crippen molar-refractivity contribution in [1.82, 2.24) is 15.0 Å². The molecule has 0 bridgehead atoms. The lowest BCUT2D eigenvalue weighted by Gasteiger charge is -2.22. The van der Waals surface area contributed by atoms with Gasteiger partial charge in [0.1, 0.15) is 0 Å². The Kier molecular flexibility index (Phi) is 5.73. The second-order valence-corrected chi connectivity index (χ2v) is 6.83. The van der Waals surface area contributed by atoms with Crippen molar-refractivity contribution in [1.29, 1.82) is 0 Å². The van der Waals surface area contributed by atoms with Crippen molar-refractivity contribution in [2.24, 2.45) is 5.92 Å². The van der Waals surface area contributed by atoms with Crippen molar-refractivity contribution in [2.45, 2.75) is 20.3 Å². The summed E-state index contributed by atoms with van der Waals surface area (Å²) in [4.78, 5) is 18.7. The van der Waals surface area contributed by atoms with Crippen LogP contribution in [-0.2, 0) is 6.42 Å². The normalized spacial score (nSPS) is 11.1. The summed E-state index contributed by atoms with van der Waals surface area (Å²) in [5, 5.41) is 4.61. The van der Waals surface area contributed by atoms with E-state index in [2.05, 4.69) is 24.0 Å². The molecule has 3 aromatic rings. The van der Waals surface area contributed by atoms with E-state index in [0.29, 0.717) is 47.9 Å². The molecule has 7 heteroatoms. The van der Waals surface area contributed by atoms with Crippen LogP contribution in [0.5, 0.6) is 0 Å². The van der Waals surface area contributed by atoms with Crippen LogP contribution in [0.2, 0.25) is 5.02 Å². The Morgan fingerprint density at radius 3 is 2.81 bits per heavy atom. The summed E-state index contributed by atoms with van der Waals surface area (Å²) < 4.78 is 10.5. The Balaban J connectivity index is 1.68. The molecule has 3 rings (SSSR count). The Morgan fingerprint density at radius 1 is 1.27 bits per heavy atom. The van der Waals surface area contributed by atoms with Crippen molar-refractivity contribution in [3.05, 3.63) is 59.3 Å². The van der Waals surface area contributed by atoms with Gasteiger partial charge in [0.25, 0.3) is 5.91 Å². The summed E-state index contributed by atoms with van der Waals surface area (Å²) in [5.74, 6) is 1.48. The lowest BCUT2D eigenvalue weighted by Crippen LogP contribution is -2.35. The maximum atomic E-state index is 12.6.